The van der Waals surface area contributed by atoms with Gasteiger partial charge in [0, 0.05) is 39.1 Å². The number of piperazine rings is 1. The van der Waals surface area contributed by atoms with Gasteiger partial charge in [-0.05, 0) is 14.0 Å². The predicted molar refractivity (Wildman–Crippen MR) is 52.0 cm³/mol. The Morgan fingerprint density at radius 3 is 2.42 bits per heavy atom. The molecule has 0 spiro atoms. The Hall–Kier alpha value is -0.520. The van der Waals surface area contributed by atoms with Gasteiger partial charge in [-0.1, -0.05) is 0 Å². The largest absolute Gasteiger partial charge is 0.304 e. The summed E-state index contributed by atoms with van der Waals surface area (Å²) in [6.07, 6.45) is 1.03. The van der Waals surface area contributed by atoms with Crippen molar-refractivity contribution in [3.05, 3.63) is 0 Å². The lowest BCUT2D eigenvalue weighted by Crippen LogP contribution is -2.44. The summed E-state index contributed by atoms with van der Waals surface area (Å²) in [5.74, 6) is 6.03. The van der Waals surface area contributed by atoms with Crippen molar-refractivity contribution >= 4 is 0 Å². The molecule has 0 unspecified atom stereocenters. The van der Waals surface area contributed by atoms with E-state index >= 15 is 0 Å². The molecule has 1 rings (SSSR count). The molecule has 12 heavy (non-hydrogen) atoms. The number of hydrogen-bond acceptors (Lipinski definition) is 2. The van der Waals surface area contributed by atoms with Crippen LogP contribution in [0.15, 0.2) is 0 Å². The molecule has 1 saturated heterocycles. The number of likely N-dealkylation sites (N-methyl/N-ethyl adjacent to an activating group) is 1. The fourth-order valence-corrected chi connectivity index (χ4v) is 1.41. The average molecular weight is 166 g/mol. The van der Waals surface area contributed by atoms with Gasteiger partial charge in [0.05, 0.1) is 0 Å². The third kappa shape index (κ3) is 3.25. The summed E-state index contributed by atoms with van der Waals surface area (Å²) in [6.45, 7) is 7.89. The van der Waals surface area contributed by atoms with Crippen molar-refractivity contribution in [1.82, 2.24) is 9.80 Å². The van der Waals surface area contributed by atoms with Crippen LogP contribution < -0.4 is 0 Å². The minimum absolute atomic E-state index is 1.03. The van der Waals surface area contributed by atoms with E-state index in [9.17, 15) is 0 Å². The first-order valence-electron chi connectivity index (χ1n) is 4.63. The fraction of sp³-hybridized carbons (Fsp3) is 0.800. The molecule has 0 saturated carbocycles. The van der Waals surface area contributed by atoms with E-state index in [-0.39, 0.29) is 0 Å². The van der Waals surface area contributed by atoms with Gasteiger partial charge in [0.15, 0.2) is 0 Å². The molecule has 0 aromatic rings. The summed E-state index contributed by atoms with van der Waals surface area (Å²) < 4.78 is 0. The highest BCUT2D eigenvalue weighted by atomic mass is 15.2. The molecule has 0 amide bonds. The lowest BCUT2D eigenvalue weighted by Gasteiger charge is -2.31. The molecule has 68 valence electrons. The summed E-state index contributed by atoms with van der Waals surface area (Å²) in [5.41, 5.74) is 0. The van der Waals surface area contributed by atoms with Gasteiger partial charge in [-0.3, -0.25) is 4.90 Å². The summed E-state index contributed by atoms with van der Waals surface area (Å²) in [7, 11) is 2.18. The molecule has 2 heteroatoms. The van der Waals surface area contributed by atoms with Crippen LogP contribution in [0, 0.1) is 11.8 Å². The monoisotopic (exact) mass is 166 g/mol. The first-order chi connectivity index (χ1) is 5.83. The summed E-state index contributed by atoms with van der Waals surface area (Å²) in [4.78, 5) is 4.87. The van der Waals surface area contributed by atoms with Crippen LogP contribution in [0.5, 0.6) is 0 Å². The van der Waals surface area contributed by atoms with Gasteiger partial charge < -0.3 is 4.90 Å². The SMILES string of the molecule is CC#CCCN1CCN(C)CC1. The zero-order chi connectivity index (χ0) is 8.81. The standard InChI is InChI=1S/C10H18N2/c1-3-4-5-6-12-9-7-11(2)8-10-12/h5-10H2,1-2H3. The van der Waals surface area contributed by atoms with Crippen molar-refractivity contribution in [2.24, 2.45) is 0 Å². The van der Waals surface area contributed by atoms with Gasteiger partial charge in [0.2, 0.25) is 0 Å². The predicted octanol–water partition coefficient (Wildman–Crippen LogP) is 0.647. The zero-order valence-electron chi connectivity index (χ0n) is 8.14. The van der Waals surface area contributed by atoms with Crippen molar-refractivity contribution < 1.29 is 0 Å². The Kier molecular flexibility index (Phi) is 4.13. The highest BCUT2D eigenvalue weighted by Gasteiger charge is 2.11. The minimum atomic E-state index is 1.03. The van der Waals surface area contributed by atoms with Crippen LogP contribution in [0.1, 0.15) is 13.3 Å². The normalized spacial score (nSPS) is 20.2. The molecular formula is C10H18N2. The van der Waals surface area contributed by atoms with E-state index < -0.39 is 0 Å². The molecule has 0 aliphatic carbocycles. The minimum Gasteiger partial charge on any atom is -0.304 e. The van der Waals surface area contributed by atoms with E-state index in [1.54, 1.807) is 0 Å². The van der Waals surface area contributed by atoms with Gasteiger partial charge >= 0.3 is 0 Å². The molecule has 0 aromatic carbocycles. The van der Waals surface area contributed by atoms with Crippen LogP contribution in [0.4, 0.5) is 0 Å². The molecular weight excluding hydrogens is 148 g/mol. The Balaban J connectivity index is 2.12. The molecule has 1 heterocycles. The number of hydrogen-bond donors (Lipinski definition) is 0. The number of nitrogens with zero attached hydrogens (tertiary/aromatic N) is 2. The van der Waals surface area contributed by atoms with Crippen molar-refractivity contribution in [2.75, 3.05) is 39.8 Å². The molecule has 1 aliphatic heterocycles. The van der Waals surface area contributed by atoms with Crippen LogP contribution >= 0.6 is 0 Å². The summed E-state index contributed by atoms with van der Waals surface area (Å²) in [5, 5.41) is 0. The van der Waals surface area contributed by atoms with Gasteiger partial charge in [-0.2, -0.15) is 0 Å². The van der Waals surface area contributed by atoms with Gasteiger partial charge in [0.1, 0.15) is 0 Å². The Morgan fingerprint density at radius 2 is 1.83 bits per heavy atom. The number of rotatable bonds is 2. The van der Waals surface area contributed by atoms with Crippen LogP contribution in [-0.4, -0.2) is 49.6 Å². The maximum Gasteiger partial charge on any atom is 0.0216 e. The smallest absolute Gasteiger partial charge is 0.0216 e. The third-order valence-corrected chi connectivity index (χ3v) is 2.33. The molecule has 0 bridgehead atoms. The summed E-state index contributed by atoms with van der Waals surface area (Å²) >= 11 is 0. The molecule has 0 radical (unpaired) electrons. The highest BCUT2D eigenvalue weighted by molar-refractivity contribution is 4.95. The maximum atomic E-state index is 3.10. The maximum absolute atomic E-state index is 3.10. The van der Waals surface area contributed by atoms with E-state index in [4.69, 9.17) is 0 Å². The van der Waals surface area contributed by atoms with Gasteiger partial charge in [-0.15, -0.1) is 11.8 Å². The average Bonchev–Trinajstić information content (AvgIpc) is 2.09. The molecule has 2 nitrogen and oxygen atoms in total. The van der Waals surface area contributed by atoms with E-state index in [1.165, 1.54) is 26.2 Å². The lowest BCUT2D eigenvalue weighted by atomic mass is 10.3. The molecule has 0 atom stereocenters. The molecule has 0 N–H and O–H groups in total. The van der Waals surface area contributed by atoms with Crippen LogP contribution in [0.2, 0.25) is 0 Å². The Bertz CT molecular complexity index is 170. The Labute approximate surface area is 75.5 Å². The molecule has 1 aliphatic rings. The van der Waals surface area contributed by atoms with Crippen molar-refractivity contribution in [3.63, 3.8) is 0 Å². The fourth-order valence-electron chi connectivity index (χ4n) is 1.41. The van der Waals surface area contributed by atoms with Crippen LogP contribution in [0.3, 0.4) is 0 Å². The second kappa shape index (κ2) is 5.18. The first kappa shape index (κ1) is 9.57. The van der Waals surface area contributed by atoms with Gasteiger partial charge in [0.25, 0.3) is 0 Å². The first-order valence-corrected chi connectivity index (χ1v) is 4.63. The highest BCUT2D eigenvalue weighted by Crippen LogP contribution is 1.99. The van der Waals surface area contributed by atoms with Crippen molar-refractivity contribution in [2.45, 2.75) is 13.3 Å². The van der Waals surface area contributed by atoms with Gasteiger partial charge in [-0.25, -0.2) is 0 Å². The van der Waals surface area contributed by atoms with E-state index in [2.05, 4.69) is 28.7 Å². The van der Waals surface area contributed by atoms with Crippen molar-refractivity contribution in [3.8, 4) is 11.8 Å². The molecule has 1 fully saturated rings. The third-order valence-electron chi connectivity index (χ3n) is 2.33. The molecule has 0 aromatic heterocycles. The van der Waals surface area contributed by atoms with E-state index in [1.807, 2.05) is 6.92 Å². The summed E-state index contributed by atoms with van der Waals surface area (Å²) in [6, 6.07) is 0. The Morgan fingerprint density at radius 1 is 1.17 bits per heavy atom. The zero-order valence-corrected chi connectivity index (χ0v) is 8.14. The van der Waals surface area contributed by atoms with Crippen LogP contribution in [0.25, 0.3) is 0 Å². The lowest BCUT2D eigenvalue weighted by molar-refractivity contribution is 0.157. The van der Waals surface area contributed by atoms with E-state index in [0.717, 1.165) is 13.0 Å². The second-order valence-electron chi connectivity index (χ2n) is 3.32. The topological polar surface area (TPSA) is 6.48 Å². The van der Waals surface area contributed by atoms with Crippen LogP contribution in [-0.2, 0) is 0 Å². The van der Waals surface area contributed by atoms with Crippen molar-refractivity contribution in [1.29, 1.82) is 0 Å². The quantitative estimate of drug-likeness (QED) is 0.556. The second-order valence-corrected chi connectivity index (χ2v) is 3.32. The van der Waals surface area contributed by atoms with E-state index in [0.29, 0.717) is 0 Å².